The van der Waals surface area contributed by atoms with Gasteiger partial charge in [-0.2, -0.15) is 0 Å². The largest absolute Gasteiger partial charge is 0.481 e. The number of nitrogens with zero attached hydrogens (tertiary/aromatic N) is 2. The number of likely N-dealkylation sites (tertiary alicyclic amines) is 1. The average Bonchev–Trinajstić information content (AvgIpc) is 2.86. The van der Waals surface area contributed by atoms with Gasteiger partial charge in [0.15, 0.2) is 0 Å². The predicted octanol–water partition coefficient (Wildman–Crippen LogP) is 0.904. The molecule has 0 aromatic heterocycles. The number of benzene rings is 1. The first-order valence-electron chi connectivity index (χ1n) is 7.53. The first-order valence-corrected chi connectivity index (χ1v) is 7.53. The molecule has 23 heavy (non-hydrogen) atoms. The number of hydrogen-bond donors (Lipinski definition) is 2. The van der Waals surface area contributed by atoms with Crippen LogP contribution in [0.2, 0.25) is 0 Å². The normalized spacial score (nSPS) is 17.2. The van der Waals surface area contributed by atoms with Gasteiger partial charge in [0.2, 0.25) is 5.91 Å². The van der Waals surface area contributed by atoms with Crippen LogP contribution in [-0.2, 0) is 16.1 Å². The smallest absolute Gasteiger partial charge is 0.317 e. The molecule has 0 radical (unpaired) electrons. The zero-order chi connectivity index (χ0) is 16.8. The lowest BCUT2D eigenvalue weighted by atomic mass is 10.2. The average molecular weight is 319 g/mol. The molecule has 1 aliphatic heterocycles. The number of aliphatic carboxylic acids is 1. The molecular weight excluding hydrogens is 298 g/mol. The Morgan fingerprint density at radius 1 is 1.35 bits per heavy atom. The van der Waals surface area contributed by atoms with Crippen molar-refractivity contribution in [2.24, 2.45) is 0 Å². The highest BCUT2D eigenvalue weighted by atomic mass is 16.4. The van der Waals surface area contributed by atoms with Gasteiger partial charge in [0.25, 0.3) is 0 Å². The molecule has 7 nitrogen and oxygen atoms in total. The van der Waals surface area contributed by atoms with Crippen LogP contribution in [0.4, 0.5) is 4.79 Å². The molecule has 1 aromatic rings. The van der Waals surface area contributed by atoms with Crippen molar-refractivity contribution in [1.82, 2.24) is 15.1 Å². The fraction of sp³-hybridized carbons (Fsp3) is 0.438. The van der Waals surface area contributed by atoms with E-state index in [9.17, 15) is 14.4 Å². The zero-order valence-electron chi connectivity index (χ0n) is 13.1. The minimum Gasteiger partial charge on any atom is -0.481 e. The summed E-state index contributed by atoms with van der Waals surface area (Å²) in [6, 6.07) is 8.71. The van der Waals surface area contributed by atoms with E-state index in [1.54, 1.807) is 4.90 Å². The van der Waals surface area contributed by atoms with Crippen molar-refractivity contribution in [2.45, 2.75) is 25.4 Å². The lowest BCUT2D eigenvalue weighted by molar-refractivity contribution is -0.137. The van der Waals surface area contributed by atoms with Gasteiger partial charge in [-0.3, -0.25) is 9.59 Å². The maximum Gasteiger partial charge on any atom is 0.317 e. The maximum absolute atomic E-state index is 12.3. The third-order valence-electron chi connectivity index (χ3n) is 3.82. The highest BCUT2D eigenvalue weighted by Gasteiger charge is 2.33. The van der Waals surface area contributed by atoms with E-state index in [-0.39, 0.29) is 18.9 Å². The molecule has 1 saturated heterocycles. The van der Waals surface area contributed by atoms with E-state index >= 15 is 0 Å². The molecule has 124 valence electrons. The van der Waals surface area contributed by atoms with Crippen LogP contribution in [0, 0.1) is 0 Å². The summed E-state index contributed by atoms with van der Waals surface area (Å²) < 4.78 is 0. The van der Waals surface area contributed by atoms with Gasteiger partial charge in [-0.15, -0.1) is 0 Å². The second-order valence-electron chi connectivity index (χ2n) is 5.60. The topological polar surface area (TPSA) is 89.9 Å². The summed E-state index contributed by atoms with van der Waals surface area (Å²) in [7, 11) is 1.51. The van der Waals surface area contributed by atoms with Crippen LogP contribution in [0.3, 0.4) is 0 Å². The van der Waals surface area contributed by atoms with Gasteiger partial charge in [0.05, 0.1) is 6.42 Å². The number of nitrogens with one attached hydrogen (secondary N) is 1. The lowest BCUT2D eigenvalue weighted by Gasteiger charge is -2.20. The first kappa shape index (κ1) is 16.8. The third kappa shape index (κ3) is 4.70. The van der Waals surface area contributed by atoms with Gasteiger partial charge in [-0.25, -0.2) is 4.79 Å². The second-order valence-corrected chi connectivity index (χ2v) is 5.60. The summed E-state index contributed by atoms with van der Waals surface area (Å²) in [6.07, 6.45) is 0.437. The van der Waals surface area contributed by atoms with Crippen LogP contribution in [0.15, 0.2) is 30.3 Å². The van der Waals surface area contributed by atoms with Crippen LogP contribution >= 0.6 is 0 Å². The number of rotatable bonds is 6. The van der Waals surface area contributed by atoms with Crippen LogP contribution in [-0.4, -0.2) is 59.0 Å². The number of hydrogen-bond acceptors (Lipinski definition) is 3. The Hall–Kier alpha value is -2.57. The minimum absolute atomic E-state index is 0.103. The van der Waals surface area contributed by atoms with Gasteiger partial charge >= 0.3 is 12.0 Å². The van der Waals surface area contributed by atoms with Gasteiger partial charge in [-0.1, -0.05) is 30.3 Å². The fourth-order valence-corrected chi connectivity index (χ4v) is 2.46. The standard InChI is InChI=1S/C16H21N3O4/c1-18(9-8-14(20)21)16(23)17-13-7-10-19(15(13)22)11-12-5-3-2-4-6-12/h2-6,13H,7-11H2,1H3,(H,17,23)(H,20,21). The van der Waals surface area contributed by atoms with Crippen LogP contribution in [0.5, 0.6) is 0 Å². The van der Waals surface area contributed by atoms with Crippen molar-refractivity contribution in [3.63, 3.8) is 0 Å². The number of urea groups is 1. The van der Waals surface area contributed by atoms with Crippen molar-refractivity contribution in [3.8, 4) is 0 Å². The summed E-state index contributed by atoms with van der Waals surface area (Å²) >= 11 is 0. The highest BCUT2D eigenvalue weighted by molar-refractivity contribution is 5.88. The van der Waals surface area contributed by atoms with E-state index in [4.69, 9.17) is 5.11 Å². The Balaban J connectivity index is 1.84. The van der Waals surface area contributed by atoms with Crippen molar-refractivity contribution in [1.29, 1.82) is 0 Å². The van der Waals surface area contributed by atoms with Crippen LogP contribution in [0.1, 0.15) is 18.4 Å². The number of carboxylic acids is 1. The summed E-state index contributed by atoms with van der Waals surface area (Å²) in [5.74, 6) is -1.07. The number of carbonyl (C=O) groups excluding carboxylic acids is 2. The molecule has 0 spiro atoms. The first-order chi connectivity index (χ1) is 11.0. The fourth-order valence-electron chi connectivity index (χ4n) is 2.46. The molecule has 1 heterocycles. The van der Waals surface area contributed by atoms with E-state index < -0.39 is 18.0 Å². The van der Waals surface area contributed by atoms with E-state index in [1.807, 2.05) is 30.3 Å². The van der Waals surface area contributed by atoms with Crippen molar-refractivity contribution >= 4 is 17.9 Å². The van der Waals surface area contributed by atoms with Crippen LogP contribution < -0.4 is 5.32 Å². The monoisotopic (exact) mass is 319 g/mol. The molecular formula is C16H21N3O4. The molecule has 1 fully saturated rings. The van der Waals surface area contributed by atoms with Gasteiger partial charge in [0.1, 0.15) is 6.04 Å². The Morgan fingerprint density at radius 2 is 2.04 bits per heavy atom. The van der Waals surface area contributed by atoms with Crippen LogP contribution in [0.25, 0.3) is 0 Å². The second kappa shape index (κ2) is 7.62. The zero-order valence-corrected chi connectivity index (χ0v) is 13.1. The van der Waals surface area contributed by atoms with E-state index in [0.717, 1.165) is 5.56 Å². The third-order valence-corrected chi connectivity index (χ3v) is 3.82. The van der Waals surface area contributed by atoms with E-state index in [1.165, 1.54) is 11.9 Å². The Labute approximate surface area is 134 Å². The maximum atomic E-state index is 12.3. The molecule has 1 aromatic carbocycles. The lowest BCUT2D eigenvalue weighted by Crippen LogP contribution is -2.47. The molecule has 1 aliphatic rings. The number of carboxylic acid groups (broad SMARTS) is 1. The molecule has 0 aliphatic carbocycles. The Morgan fingerprint density at radius 3 is 2.70 bits per heavy atom. The molecule has 3 amide bonds. The van der Waals surface area contributed by atoms with E-state index in [2.05, 4.69) is 5.32 Å². The molecule has 2 N–H and O–H groups in total. The predicted molar refractivity (Wildman–Crippen MR) is 83.7 cm³/mol. The van der Waals surface area contributed by atoms with Gasteiger partial charge < -0.3 is 20.2 Å². The van der Waals surface area contributed by atoms with Crippen molar-refractivity contribution < 1.29 is 19.5 Å². The summed E-state index contributed by atoms with van der Waals surface area (Å²) in [4.78, 5) is 37.8. The highest BCUT2D eigenvalue weighted by Crippen LogP contribution is 2.15. The SMILES string of the molecule is CN(CCC(=O)O)C(=O)NC1CCN(Cc2ccccc2)C1=O. The molecule has 1 atom stereocenters. The number of carbonyl (C=O) groups is 3. The Bertz CT molecular complexity index is 576. The van der Waals surface area contributed by atoms with Crippen molar-refractivity contribution in [2.75, 3.05) is 20.1 Å². The summed E-state index contributed by atoms with van der Waals surface area (Å²) in [6.45, 7) is 1.23. The summed E-state index contributed by atoms with van der Waals surface area (Å²) in [5.41, 5.74) is 1.05. The molecule has 1 unspecified atom stereocenters. The summed E-state index contributed by atoms with van der Waals surface area (Å²) in [5, 5.41) is 11.3. The van der Waals surface area contributed by atoms with Crippen molar-refractivity contribution in [3.05, 3.63) is 35.9 Å². The van der Waals surface area contributed by atoms with Gasteiger partial charge in [-0.05, 0) is 12.0 Å². The molecule has 0 saturated carbocycles. The Kier molecular flexibility index (Phi) is 5.56. The molecule has 0 bridgehead atoms. The van der Waals surface area contributed by atoms with E-state index in [0.29, 0.717) is 19.5 Å². The molecule has 2 rings (SSSR count). The molecule has 7 heteroatoms. The minimum atomic E-state index is -0.962. The van der Waals surface area contributed by atoms with Gasteiger partial charge in [0, 0.05) is 26.7 Å². The number of amides is 3. The quantitative estimate of drug-likeness (QED) is 0.815.